The Morgan fingerprint density at radius 1 is 1.56 bits per heavy atom. The second kappa shape index (κ2) is 4.14. The van der Waals surface area contributed by atoms with Gasteiger partial charge in [-0.2, -0.15) is 5.10 Å². The van der Waals surface area contributed by atoms with Crippen molar-refractivity contribution in [1.82, 2.24) is 15.1 Å². The molecular weight excluding hydrogens is 209 g/mol. The average Bonchev–Trinajstić information content (AvgIpc) is 2.81. The van der Waals surface area contributed by atoms with E-state index < -0.39 is 11.7 Å². The minimum Gasteiger partial charge on any atom is -0.355 e. The second-order valence-electron chi connectivity index (χ2n) is 3.13. The standard InChI is InChI=1S/C11H9FN3O/c1-13-11(16)9-4-3-8(7-10(9)12)15-6-2-5-14-15/h3-7H,1H3,(H,13,16). The molecule has 2 aromatic rings. The normalized spacial score (nSPS) is 10.1. The van der Waals surface area contributed by atoms with Crippen molar-refractivity contribution in [3.8, 4) is 5.69 Å². The van der Waals surface area contributed by atoms with Crippen LogP contribution in [-0.4, -0.2) is 22.7 Å². The van der Waals surface area contributed by atoms with Gasteiger partial charge in [0.2, 0.25) is 0 Å². The third-order valence-corrected chi connectivity index (χ3v) is 2.14. The van der Waals surface area contributed by atoms with Crippen LogP contribution in [0.15, 0.2) is 30.6 Å². The first-order chi connectivity index (χ1) is 7.72. The molecule has 0 fully saturated rings. The first-order valence-corrected chi connectivity index (χ1v) is 4.65. The van der Waals surface area contributed by atoms with Crippen molar-refractivity contribution in [2.24, 2.45) is 0 Å². The third-order valence-electron chi connectivity index (χ3n) is 2.14. The van der Waals surface area contributed by atoms with Gasteiger partial charge in [0.05, 0.1) is 17.4 Å². The van der Waals surface area contributed by atoms with Crippen LogP contribution in [0, 0.1) is 11.9 Å². The van der Waals surface area contributed by atoms with Gasteiger partial charge in [-0.3, -0.25) is 4.79 Å². The van der Waals surface area contributed by atoms with Gasteiger partial charge in [-0.15, -0.1) is 0 Å². The van der Waals surface area contributed by atoms with Crippen molar-refractivity contribution in [3.63, 3.8) is 0 Å². The fourth-order valence-corrected chi connectivity index (χ4v) is 1.34. The zero-order valence-electron chi connectivity index (χ0n) is 8.57. The SMILES string of the molecule is CNC(=O)c1ccc(-n2c[c]cn2)cc1F. The Balaban J connectivity index is 2.41. The summed E-state index contributed by atoms with van der Waals surface area (Å²) in [7, 11) is 1.46. The van der Waals surface area contributed by atoms with Gasteiger partial charge in [0, 0.05) is 25.4 Å². The molecule has 16 heavy (non-hydrogen) atoms. The molecule has 1 amide bonds. The molecule has 81 valence electrons. The molecular formula is C11H9FN3O. The second-order valence-corrected chi connectivity index (χ2v) is 3.13. The molecule has 1 aromatic carbocycles. The number of nitrogens with zero attached hydrogens (tertiary/aromatic N) is 2. The van der Waals surface area contributed by atoms with Crippen LogP contribution in [0.25, 0.3) is 5.69 Å². The van der Waals surface area contributed by atoms with Crippen molar-refractivity contribution in [2.45, 2.75) is 0 Å². The Morgan fingerprint density at radius 2 is 2.38 bits per heavy atom. The van der Waals surface area contributed by atoms with Crippen molar-refractivity contribution in [3.05, 3.63) is 48.0 Å². The average molecular weight is 218 g/mol. The third kappa shape index (κ3) is 1.79. The maximum atomic E-state index is 13.6. The predicted molar refractivity (Wildman–Crippen MR) is 55.7 cm³/mol. The number of carbonyl (C=O) groups is 1. The molecule has 1 aromatic heterocycles. The van der Waals surface area contributed by atoms with Gasteiger partial charge < -0.3 is 5.32 Å². The molecule has 1 heterocycles. The van der Waals surface area contributed by atoms with Gasteiger partial charge in [0.15, 0.2) is 0 Å². The number of carbonyl (C=O) groups excluding carboxylic acids is 1. The topological polar surface area (TPSA) is 46.9 Å². The van der Waals surface area contributed by atoms with Gasteiger partial charge in [0.1, 0.15) is 5.82 Å². The first kappa shape index (κ1) is 10.4. The van der Waals surface area contributed by atoms with E-state index in [2.05, 4.69) is 16.5 Å². The van der Waals surface area contributed by atoms with E-state index in [1.807, 2.05) is 0 Å². The molecule has 0 aliphatic heterocycles. The van der Waals surface area contributed by atoms with E-state index in [1.165, 1.54) is 30.1 Å². The lowest BCUT2D eigenvalue weighted by molar-refractivity contribution is 0.0959. The monoisotopic (exact) mass is 218 g/mol. The summed E-state index contributed by atoms with van der Waals surface area (Å²) in [6, 6.07) is 7.04. The molecule has 1 N–H and O–H groups in total. The van der Waals surface area contributed by atoms with E-state index in [0.29, 0.717) is 5.69 Å². The number of hydrogen-bond acceptors (Lipinski definition) is 2. The van der Waals surface area contributed by atoms with Crippen LogP contribution in [0.3, 0.4) is 0 Å². The summed E-state index contributed by atoms with van der Waals surface area (Å²) in [5.74, 6) is -1.02. The highest BCUT2D eigenvalue weighted by Crippen LogP contribution is 2.13. The summed E-state index contributed by atoms with van der Waals surface area (Å²) in [4.78, 5) is 11.3. The summed E-state index contributed by atoms with van der Waals surface area (Å²) < 4.78 is 15.0. The Bertz CT molecular complexity index is 508. The van der Waals surface area contributed by atoms with Crippen molar-refractivity contribution >= 4 is 5.91 Å². The van der Waals surface area contributed by atoms with Gasteiger partial charge in [-0.1, -0.05) is 0 Å². The van der Waals surface area contributed by atoms with Crippen LogP contribution >= 0.6 is 0 Å². The Labute approximate surface area is 91.7 Å². The Hall–Kier alpha value is -2.17. The van der Waals surface area contributed by atoms with E-state index in [4.69, 9.17) is 0 Å². The predicted octanol–water partition coefficient (Wildman–Crippen LogP) is 1.17. The van der Waals surface area contributed by atoms with Crippen LogP contribution in [0.2, 0.25) is 0 Å². The van der Waals surface area contributed by atoms with Gasteiger partial charge in [0.25, 0.3) is 5.91 Å². The molecule has 0 saturated carbocycles. The smallest absolute Gasteiger partial charge is 0.253 e. The van der Waals surface area contributed by atoms with Crippen molar-refractivity contribution in [1.29, 1.82) is 0 Å². The van der Waals surface area contributed by atoms with Crippen molar-refractivity contribution < 1.29 is 9.18 Å². The number of halogens is 1. The summed E-state index contributed by atoms with van der Waals surface area (Å²) in [6.07, 6.45) is 3.05. The van der Waals surface area contributed by atoms with Gasteiger partial charge in [-0.05, 0) is 12.1 Å². The molecule has 0 unspecified atom stereocenters. The van der Waals surface area contributed by atoms with Gasteiger partial charge >= 0.3 is 0 Å². The molecule has 0 bridgehead atoms. The summed E-state index contributed by atoms with van der Waals surface area (Å²) in [5, 5.41) is 6.28. The Kier molecular flexibility index (Phi) is 2.68. The maximum Gasteiger partial charge on any atom is 0.253 e. The molecule has 0 aliphatic rings. The number of aromatic nitrogens is 2. The maximum absolute atomic E-state index is 13.6. The number of rotatable bonds is 2. The summed E-state index contributed by atoms with van der Waals surface area (Å²) >= 11 is 0. The summed E-state index contributed by atoms with van der Waals surface area (Å²) in [6.45, 7) is 0. The molecule has 0 spiro atoms. The van der Waals surface area contributed by atoms with Gasteiger partial charge in [-0.25, -0.2) is 9.07 Å². The fourth-order valence-electron chi connectivity index (χ4n) is 1.34. The van der Waals surface area contributed by atoms with E-state index >= 15 is 0 Å². The Morgan fingerprint density at radius 3 is 2.94 bits per heavy atom. The van der Waals surface area contributed by atoms with Crippen LogP contribution in [0.4, 0.5) is 4.39 Å². The molecule has 0 aliphatic carbocycles. The van der Waals surface area contributed by atoms with E-state index in [9.17, 15) is 9.18 Å². The molecule has 4 nitrogen and oxygen atoms in total. The first-order valence-electron chi connectivity index (χ1n) is 4.65. The largest absolute Gasteiger partial charge is 0.355 e. The van der Waals surface area contributed by atoms with Crippen LogP contribution in [0.5, 0.6) is 0 Å². The molecule has 5 heteroatoms. The number of hydrogen-bond donors (Lipinski definition) is 1. The van der Waals surface area contributed by atoms with Crippen LogP contribution in [0.1, 0.15) is 10.4 Å². The quantitative estimate of drug-likeness (QED) is 0.822. The van der Waals surface area contributed by atoms with E-state index in [-0.39, 0.29) is 5.56 Å². The minimum absolute atomic E-state index is 0.0161. The number of amides is 1. The lowest BCUT2D eigenvalue weighted by Gasteiger charge is -2.05. The molecule has 0 saturated heterocycles. The number of nitrogens with one attached hydrogen (secondary N) is 1. The lowest BCUT2D eigenvalue weighted by Crippen LogP contribution is -2.19. The highest BCUT2D eigenvalue weighted by atomic mass is 19.1. The fraction of sp³-hybridized carbons (Fsp3) is 0.0909. The highest BCUT2D eigenvalue weighted by Gasteiger charge is 2.10. The molecule has 2 rings (SSSR count). The van der Waals surface area contributed by atoms with Crippen LogP contribution < -0.4 is 5.32 Å². The van der Waals surface area contributed by atoms with Crippen LogP contribution in [-0.2, 0) is 0 Å². The minimum atomic E-state index is -0.577. The molecule has 1 radical (unpaired) electrons. The molecule has 0 atom stereocenters. The number of benzene rings is 1. The zero-order valence-corrected chi connectivity index (χ0v) is 8.57. The lowest BCUT2D eigenvalue weighted by atomic mass is 10.2. The van der Waals surface area contributed by atoms with E-state index in [0.717, 1.165) is 0 Å². The van der Waals surface area contributed by atoms with E-state index in [1.54, 1.807) is 12.3 Å². The highest BCUT2D eigenvalue weighted by molar-refractivity contribution is 5.94. The summed E-state index contributed by atoms with van der Waals surface area (Å²) in [5.41, 5.74) is 0.564. The van der Waals surface area contributed by atoms with Crippen molar-refractivity contribution in [2.75, 3.05) is 7.05 Å². The zero-order chi connectivity index (χ0) is 11.5.